The molecule has 0 bridgehead atoms. The number of hydrogen-bond donors (Lipinski definition) is 2. The molecule has 0 aromatic rings. The van der Waals surface area contributed by atoms with Crippen LogP contribution in [0.2, 0.25) is 0 Å². The number of nitriles is 1. The highest BCUT2D eigenvalue weighted by Crippen LogP contribution is 2.08. The molecule has 0 saturated heterocycles. The summed E-state index contributed by atoms with van der Waals surface area (Å²) in [5, 5.41) is 21.1. The van der Waals surface area contributed by atoms with Crippen molar-refractivity contribution in [3.63, 3.8) is 0 Å². The van der Waals surface area contributed by atoms with Crippen molar-refractivity contribution in [3.05, 3.63) is 35.3 Å². The van der Waals surface area contributed by atoms with E-state index in [0.717, 1.165) is 12.2 Å². The average molecular weight is 322 g/mol. The second-order valence-electron chi connectivity index (χ2n) is 3.87. The van der Waals surface area contributed by atoms with Gasteiger partial charge >= 0.3 is 11.9 Å². The topological polar surface area (TPSA) is 126 Å². The lowest BCUT2D eigenvalue weighted by Gasteiger charge is -2.03. The van der Waals surface area contributed by atoms with Gasteiger partial charge in [0.25, 0.3) is 5.78 Å². The van der Waals surface area contributed by atoms with Crippen LogP contribution in [0.1, 0.15) is 13.8 Å². The predicted octanol–water partition coefficient (Wildman–Crippen LogP) is 0.677. The number of carbonyl (C=O) groups is 3. The van der Waals surface area contributed by atoms with Gasteiger partial charge in [0, 0.05) is 18.8 Å². The third kappa shape index (κ3) is 6.48. The van der Waals surface area contributed by atoms with Crippen molar-refractivity contribution >= 4 is 17.7 Å². The maximum Gasteiger partial charge on any atom is 0.379 e. The number of carbonyl (C=O) groups excluding carboxylic acids is 3. The molecule has 0 aromatic heterocycles. The molecular formula is C15H18N2O6. The van der Waals surface area contributed by atoms with E-state index in [9.17, 15) is 19.5 Å². The van der Waals surface area contributed by atoms with Crippen LogP contribution in [0.15, 0.2) is 35.3 Å². The number of esters is 2. The fourth-order valence-electron chi connectivity index (χ4n) is 1.31. The molecular weight excluding hydrogens is 304 g/mol. The second-order valence-corrected chi connectivity index (χ2v) is 3.87. The molecule has 124 valence electrons. The van der Waals surface area contributed by atoms with Crippen LogP contribution in [0.25, 0.3) is 0 Å². The third-order valence-corrected chi connectivity index (χ3v) is 2.30. The Hall–Kier alpha value is -3.08. The average Bonchev–Trinajstić information content (AvgIpc) is 2.53. The second kappa shape index (κ2) is 10.6. The van der Waals surface area contributed by atoms with Crippen molar-refractivity contribution in [2.24, 2.45) is 0 Å². The van der Waals surface area contributed by atoms with Gasteiger partial charge in [0.2, 0.25) is 5.76 Å². The third-order valence-electron chi connectivity index (χ3n) is 2.30. The molecule has 0 heterocycles. The molecule has 0 rings (SSSR count). The Labute approximate surface area is 133 Å². The molecule has 23 heavy (non-hydrogen) atoms. The number of Topliss-reactive ketones (excluding diaryl/α,β-unsaturated/α-hetero) is 1. The van der Waals surface area contributed by atoms with Crippen molar-refractivity contribution in [2.45, 2.75) is 13.8 Å². The molecule has 2 N–H and O–H groups in total. The molecule has 0 spiro atoms. The van der Waals surface area contributed by atoms with Gasteiger partial charge in [0.05, 0.1) is 13.2 Å². The van der Waals surface area contributed by atoms with Gasteiger partial charge in [-0.05, 0) is 26.0 Å². The van der Waals surface area contributed by atoms with Gasteiger partial charge in [0.1, 0.15) is 11.6 Å². The van der Waals surface area contributed by atoms with Crippen LogP contribution in [0.5, 0.6) is 0 Å². The Morgan fingerprint density at radius 3 is 2.17 bits per heavy atom. The Kier molecular flexibility index (Phi) is 9.20. The number of nitrogens with zero attached hydrogens (tertiary/aromatic N) is 1. The largest absolute Gasteiger partial charge is 0.501 e. The number of hydrogen-bond acceptors (Lipinski definition) is 8. The summed E-state index contributed by atoms with van der Waals surface area (Å²) in [7, 11) is 1.50. The van der Waals surface area contributed by atoms with E-state index in [-0.39, 0.29) is 18.8 Å². The smallest absolute Gasteiger partial charge is 0.379 e. The fraction of sp³-hybridized carbons (Fsp3) is 0.333. The Balaban J connectivity index is 5.47. The first-order chi connectivity index (χ1) is 10.9. The number of ether oxygens (including phenoxy) is 2. The lowest BCUT2D eigenvalue weighted by atomic mass is 10.1. The molecule has 8 heteroatoms. The van der Waals surface area contributed by atoms with Crippen LogP contribution in [0, 0.1) is 11.3 Å². The minimum absolute atomic E-state index is 0.0254. The standard InChI is InChI=1S/C15H18N2O6/c1-4-22-14(20)12(18)10(8-16)6-7-11(9-17-3)13(19)15(21)23-5-2/h6-7,9,17-18H,4-5H2,1-3H3/b7-6+,11-9+,12-10+. The Morgan fingerprint density at radius 1 is 1.13 bits per heavy atom. The number of ketones is 1. The first kappa shape index (κ1) is 19.9. The molecule has 0 aliphatic heterocycles. The van der Waals surface area contributed by atoms with E-state index in [1.165, 1.54) is 13.2 Å². The molecule has 0 saturated carbocycles. The van der Waals surface area contributed by atoms with Crippen LogP contribution < -0.4 is 5.32 Å². The quantitative estimate of drug-likeness (QED) is 0.167. The lowest BCUT2D eigenvalue weighted by molar-refractivity contribution is -0.151. The van der Waals surface area contributed by atoms with Crippen LogP contribution in [-0.4, -0.2) is 43.1 Å². The number of rotatable bonds is 8. The summed E-state index contributed by atoms with van der Waals surface area (Å²) in [6.45, 7) is 3.15. The Bertz CT molecular complexity index is 596. The van der Waals surface area contributed by atoms with Crippen molar-refractivity contribution < 1.29 is 29.0 Å². The number of aliphatic hydroxyl groups excluding tert-OH is 1. The van der Waals surface area contributed by atoms with Gasteiger partial charge in [-0.2, -0.15) is 5.26 Å². The molecule has 0 aliphatic carbocycles. The van der Waals surface area contributed by atoms with Gasteiger partial charge in [-0.1, -0.05) is 0 Å². The fourth-order valence-corrected chi connectivity index (χ4v) is 1.31. The van der Waals surface area contributed by atoms with Crippen molar-refractivity contribution in [2.75, 3.05) is 20.3 Å². The molecule has 0 fully saturated rings. The van der Waals surface area contributed by atoms with E-state index in [2.05, 4.69) is 14.8 Å². The summed E-state index contributed by atoms with van der Waals surface area (Å²) in [4.78, 5) is 34.6. The van der Waals surface area contributed by atoms with Gasteiger partial charge in [-0.15, -0.1) is 0 Å². The van der Waals surface area contributed by atoms with E-state index in [1.807, 2.05) is 0 Å². The van der Waals surface area contributed by atoms with E-state index >= 15 is 0 Å². The highest BCUT2D eigenvalue weighted by molar-refractivity contribution is 6.41. The monoisotopic (exact) mass is 322 g/mol. The zero-order valence-electron chi connectivity index (χ0n) is 13.1. The van der Waals surface area contributed by atoms with Crippen molar-refractivity contribution in [3.8, 4) is 6.07 Å². The lowest BCUT2D eigenvalue weighted by Crippen LogP contribution is -2.19. The van der Waals surface area contributed by atoms with E-state index < -0.39 is 29.1 Å². The maximum atomic E-state index is 11.8. The zero-order chi connectivity index (χ0) is 17.8. The minimum atomic E-state index is -1.07. The maximum absolute atomic E-state index is 11.8. The molecule has 8 nitrogen and oxygen atoms in total. The molecule has 0 amide bonds. The van der Waals surface area contributed by atoms with E-state index in [4.69, 9.17) is 5.26 Å². The normalized spacial score (nSPS) is 12.2. The van der Waals surface area contributed by atoms with E-state index in [1.54, 1.807) is 19.9 Å². The molecule has 0 radical (unpaired) electrons. The highest BCUT2D eigenvalue weighted by Gasteiger charge is 2.19. The summed E-state index contributed by atoms with van der Waals surface area (Å²) in [5.74, 6) is -3.95. The van der Waals surface area contributed by atoms with Crippen LogP contribution >= 0.6 is 0 Å². The summed E-state index contributed by atoms with van der Waals surface area (Å²) in [5.41, 5.74) is -0.530. The SMILES string of the molecule is CCOC(=O)C(=O)C(/C=C/C(C#N)=C(\O)C(=O)OCC)=C/NC. The van der Waals surface area contributed by atoms with Crippen LogP contribution in [-0.2, 0) is 23.9 Å². The summed E-state index contributed by atoms with van der Waals surface area (Å²) in [6, 6.07) is 1.60. The summed E-state index contributed by atoms with van der Waals surface area (Å²) < 4.78 is 9.15. The first-order valence-electron chi connectivity index (χ1n) is 6.70. The number of nitrogens with one attached hydrogen (secondary N) is 1. The van der Waals surface area contributed by atoms with Crippen LogP contribution in [0.3, 0.4) is 0 Å². The summed E-state index contributed by atoms with van der Waals surface area (Å²) >= 11 is 0. The van der Waals surface area contributed by atoms with Crippen LogP contribution in [0.4, 0.5) is 0 Å². The van der Waals surface area contributed by atoms with Gasteiger partial charge in [0.15, 0.2) is 0 Å². The zero-order valence-corrected chi connectivity index (χ0v) is 13.1. The molecule has 0 aromatic carbocycles. The Morgan fingerprint density at radius 2 is 1.70 bits per heavy atom. The highest BCUT2D eigenvalue weighted by atomic mass is 16.5. The minimum Gasteiger partial charge on any atom is -0.501 e. The number of allylic oxidation sites excluding steroid dienone is 3. The van der Waals surface area contributed by atoms with Crippen molar-refractivity contribution in [1.82, 2.24) is 5.32 Å². The van der Waals surface area contributed by atoms with Crippen molar-refractivity contribution in [1.29, 1.82) is 5.26 Å². The van der Waals surface area contributed by atoms with Gasteiger partial charge in [-0.25, -0.2) is 9.59 Å². The van der Waals surface area contributed by atoms with Gasteiger partial charge in [-0.3, -0.25) is 4.79 Å². The molecule has 0 aliphatic rings. The predicted molar refractivity (Wildman–Crippen MR) is 79.8 cm³/mol. The number of aliphatic hydroxyl groups is 1. The molecule has 0 unspecified atom stereocenters. The van der Waals surface area contributed by atoms with E-state index in [0.29, 0.717) is 0 Å². The van der Waals surface area contributed by atoms with Gasteiger partial charge < -0.3 is 19.9 Å². The summed E-state index contributed by atoms with van der Waals surface area (Å²) in [6.07, 6.45) is 3.34. The first-order valence-corrected chi connectivity index (χ1v) is 6.70. The molecule has 0 atom stereocenters.